The highest BCUT2D eigenvalue weighted by Crippen LogP contribution is 2.21. The number of hydrogen-bond acceptors (Lipinski definition) is 4. The van der Waals surface area contributed by atoms with Crippen LogP contribution in [0.5, 0.6) is 0 Å². The Bertz CT molecular complexity index is 733. The van der Waals surface area contributed by atoms with Gasteiger partial charge in [-0.15, -0.1) is 0 Å². The largest absolute Gasteiger partial charge is 0.337 e. The number of nitrogens with zero attached hydrogens (tertiary/aromatic N) is 4. The number of hydrogen-bond donors (Lipinski definition) is 1. The molecule has 0 radical (unpaired) electrons. The Morgan fingerprint density at radius 1 is 1.24 bits per heavy atom. The zero-order chi connectivity index (χ0) is 17.8. The number of likely N-dealkylation sites (tertiary alicyclic amines) is 1. The lowest BCUT2D eigenvalue weighted by Crippen LogP contribution is -2.41. The molecule has 1 aliphatic heterocycles. The molecule has 2 amide bonds. The van der Waals surface area contributed by atoms with Gasteiger partial charge in [0.2, 0.25) is 5.91 Å². The highest BCUT2D eigenvalue weighted by molar-refractivity contribution is 5.94. The van der Waals surface area contributed by atoms with Gasteiger partial charge in [0.05, 0.1) is 11.9 Å². The van der Waals surface area contributed by atoms with Gasteiger partial charge in [0, 0.05) is 37.4 Å². The maximum Gasteiger partial charge on any atom is 0.272 e. The summed E-state index contributed by atoms with van der Waals surface area (Å²) in [5, 5.41) is 7.15. The SMILES string of the molecule is CC(C)n1cc(NC(=O)C2CCN(C(=O)c3ccccn3)CC2)cn1. The van der Waals surface area contributed by atoms with E-state index >= 15 is 0 Å². The third-order valence-corrected chi connectivity index (χ3v) is 4.44. The molecule has 0 spiro atoms. The molecule has 2 aromatic rings. The maximum atomic E-state index is 12.4. The molecule has 25 heavy (non-hydrogen) atoms. The number of nitrogens with one attached hydrogen (secondary N) is 1. The van der Waals surface area contributed by atoms with Gasteiger partial charge in [-0.2, -0.15) is 5.10 Å². The first-order valence-electron chi connectivity index (χ1n) is 8.60. The molecule has 3 rings (SSSR count). The van der Waals surface area contributed by atoms with Crippen molar-refractivity contribution in [3.63, 3.8) is 0 Å². The van der Waals surface area contributed by atoms with Crippen LogP contribution in [0.15, 0.2) is 36.8 Å². The minimum absolute atomic E-state index is 0.00626. The van der Waals surface area contributed by atoms with Crippen LogP contribution in [0.3, 0.4) is 0 Å². The second-order valence-corrected chi connectivity index (χ2v) is 6.57. The number of carbonyl (C=O) groups is 2. The van der Waals surface area contributed by atoms with Crippen LogP contribution in [0, 0.1) is 5.92 Å². The van der Waals surface area contributed by atoms with Crippen molar-refractivity contribution in [2.75, 3.05) is 18.4 Å². The molecule has 132 valence electrons. The summed E-state index contributed by atoms with van der Waals surface area (Å²) in [5.41, 5.74) is 1.16. The number of pyridine rings is 1. The Morgan fingerprint density at radius 3 is 2.60 bits per heavy atom. The fourth-order valence-corrected chi connectivity index (χ4v) is 2.93. The third kappa shape index (κ3) is 4.04. The van der Waals surface area contributed by atoms with Gasteiger partial charge < -0.3 is 10.2 Å². The number of piperidine rings is 1. The molecule has 1 fully saturated rings. The van der Waals surface area contributed by atoms with Crippen LogP contribution in [-0.4, -0.2) is 44.6 Å². The first-order valence-corrected chi connectivity index (χ1v) is 8.60. The van der Waals surface area contributed by atoms with E-state index in [-0.39, 0.29) is 23.8 Å². The van der Waals surface area contributed by atoms with E-state index in [1.165, 1.54) is 0 Å². The number of rotatable bonds is 4. The molecule has 7 heteroatoms. The van der Waals surface area contributed by atoms with Gasteiger partial charge >= 0.3 is 0 Å². The molecule has 7 nitrogen and oxygen atoms in total. The predicted octanol–water partition coefficient (Wildman–Crippen LogP) is 2.35. The van der Waals surface area contributed by atoms with Crippen LogP contribution in [0.25, 0.3) is 0 Å². The first kappa shape index (κ1) is 17.1. The van der Waals surface area contributed by atoms with Crippen molar-refractivity contribution < 1.29 is 9.59 Å². The Labute approximate surface area is 147 Å². The van der Waals surface area contributed by atoms with E-state index < -0.39 is 0 Å². The van der Waals surface area contributed by atoms with Crippen LogP contribution < -0.4 is 5.32 Å². The van der Waals surface area contributed by atoms with E-state index in [0.29, 0.717) is 37.3 Å². The molecule has 0 bridgehead atoms. The summed E-state index contributed by atoms with van der Waals surface area (Å²) in [6.07, 6.45) is 6.43. The second kappa shape index (κ2) is 7.46. The summed E-state index contributed by atoms with van der Waals surface area (Å²) in [7, 11) is 0. The summed E-state index contributed by atoms with van der Waals surface area (Å²) < 4.78 is 1.81. The normalized spacial score (nSPS) is 15.4. The highest BCUT2D eigenvalue weighted by atomic mass is 16.2. The van der Waals surface area contributed by atoms with Gasteiger partial charge in [0.25, 0.3) is 5.91 Å². The van der Waals surface area contributed by atoms with Crippen molar-refractivity contribution in [1.82, 2.24) is 19.7 Å². The fraction of sp³-hybridized carbons (Fsp3) is 0.444. The van der Waals surface area contributed by atoms with E-state index in [1.807, 2.05) is 24.7 Å². The Kier molecular flexibility index (Phi) is 5.11. The van der Waals surface area contributed by atoms with Crippen LogP contribution in [0.1, 0.15) is 43.2 Å². The number of anilines is 1. The summed E-state index contributed by atoms with van der Waals surface area (Å²) >= 11 is 0. The average Bonchev–Trinajstić information content (AvgIpc) is 3.11. The molecule has 0 aromatic carbocycles. The van der Waals surface area contributed by atoms with E-state index in [0.717, 1.165) is 0 Å². The van der Waals surface area contributed by atoms with Crippen molar-refractivity contribution in [1.29, 1.82) is 0 Å². The summed E-state index contributed by atoms with van der Waals surface area (Å²) in [6, 6.07) is 5.56. The van der Waals surface area contributed by atoms with Crippen molar-refractivity contribution in [2.24, 2.45) is 5.92 Å². The van der Waals surface area contributed by atoms with Crippen LogP contribution in [-0.2, 0) is 4.79 Å². The Morgan fingerprint density at radius 2 is 2.00 bits per heavy atom. The quantitative estimate of drug-likeness (QED) is 0.926. The third-order valence-electron chi connectivity index (χ3n) is 4.44. The fourth-order valence-electron chi connectivity index (χ4n) is 2.93. The van der Waals surface area contributed by atoms with Gasteiger partial charge in [-0.1, -0.05) is 6.07 Å². The zero-order valence-corrected chi connectivity index (χ0v) is 14.6. The zero-order valence-electron chi connectivity index (χ0n) is 14.6. The second-order valence-electron chi connectivity index (χ2n) is 6.57. The Balaban J connectivity index is 1.53. The molecule has 0 saturated carbocycles. The summed E-state index contributed by atoms with van der Waals surface area (Å²) in [4.78, 5) is 30.7. The van der Waals surface area contributed by atoms with E-state index in [2.05, 4.69) is 15.4 Å². The van der Waals surface area contributed by atoms with Crippen molar-refractivity contribution in [3.05, 3.63) is 42.5 Å². The van der Waals surface area contributed by atoms with Crippen molar-refractivity contribution in [3.8, 4) is 0 Å². The lowest BCUT2D eigenvalue weighted by Gasteiger charge is -2.31. The number of aromatic nitrogens is 3. The summed E-state index contributed by atoms with van der Waals surface area (Å²) in [6.45, 7) is 5.21. The number of carbonyl (C=O) groups excluding carboxylic acids is 2. The Hall–Kier alpha value is -2.70. The monoisotopic (exact) mass is 341 g/mol. The molecule has 3 heterocycles. The van der Waals surface area contributed by atoms with Crippen molar-refractivity contribution >= 4 is 17.5 Å². The minimum atomic E-state index is -0.0878. The number of amides is 2. The molecule has 0 unspecified atom stereocenters. The molecule has 0 atom stereocenters. The first-order chi connectivity index (χ1) is 12.0. The molecular weight excluding hydrogens is 318 g/mol. The topological polar surface area (TPSA) is 80.1 Å². The predicted molar refractivity (Wildman–Crippen MR) is 94.1 cm³/mol. The molecule has 1 aliphatic rings. The highest BCUT2D eigenvalue weighted by Gasteiger charge is 2.28. The van der Waals surface area contributed by atoms with Crippen LogP contribution >= 0.6 is 0 Å². The van der Waals surface area contributed by atoms with Crippen LogP contribution in [0.2, 0.25) is 0 Å². The minimum Gasteiger partial charge on any atom is -0.337 e. The lowest BCUT2D eigenvalue weighted by molar-refractivity contribution is -0.121. The molecule has 0 aliphatic carbocycles. The van der Waals surface area contributed by atoms with E-state index in [1.54, 1.807) is 35.5 Å². The molecular formula is C18H23N5O2. The van der Waals surface area contributed by atoms with E-state index in [9.17, 15) is 9.59 Å². The molecule has 2 aromatic heterocycles. The standard InChI is InChI=1S/C18H23N5O2/c1-13(2)23-12-15(11-20-23)21-17(24)14-6-9-22(10-7-14)18(25)16-5-3-4-8-19-16/h3-5,8,11-14H,6-7,9-10H2,1-2H3,(H,21,24). The van der Waals surface area contributed by atoms with Crippen molar-refractivity contribution in [2.45, 2.75) is 32.7 Å². The van der Waals surface area contributed by atoms with E-state index in [4.69, 9.17) is 0 Å². The average molecular weight is 341 g/mol. The maximum absolute atomic E-state index is 12.4. The van der Waals surface area contributed by atoms with Gasteiger partial charge in [-0.25, -0.2) is 0 Å². The molecule has 1 saturated heterocycles. The van der Waals surface area contributed by atoms with Gasteiger partial charge in [-0.05, 0) is 38.8 Å². The summed E-state index contributed by atoms with van der Waals surface area (Å²) in [5.74, 6) is -0.166. The van der Waals surface area contributed by atoms with Gasteiger partial charge in [-0.3, -0.25) is 19.3 Å². The smallest absolute Gasteiger partial charge is 0.272 e. The van der Waals surface area contributed by atoms with Gasteiger partial charge in [0.15, 0.2) is 0 Å². The molecule has 1 N–H and O–H groups in total. The van der Waals surface area contributed by atoms with Crippen LogP contribution in [0.4, 0.5) is 5.69 Å². The van der Waals surface area contributed by atoms with Gasteiger partial charge in [0.1, 0.15) is 5.69 Å². The lowest BCUT2D eigenvalue weighted by atomic mass is 9.95.